The zero-order valence-corrected chi connectivity index (χ0v) is 16.4. The van der Waals surface area contributed by atoms with Crippen molar-refractivity contribution in [2.75, 3.05) is 0 Å². The number of rotatable bonds is 0. The summed E-state index contributed by atoms with van der Waals surface area (Å²) in [7, 11) is 2.13. The van der Waals surface area contributed by atoms with Gasteiger partial charge in [-0.25, -0.2) is 0 Å². The van der Waals surface area contributed by atoms with Gasteiger partial charge in [0, 0.05) is 34.1 Å². The van der Waals surface area contributed by atoms with E-state index in [0.29, 0.717) is 0 Å². The van der Waals surface area contributed by atoms with Gasteiger partial charge in [0.15, 0.2) is 0 Å². The molecule has 7 aromatic rings. The Labute approximate surface area is 171 Å². The van der Waals surface area contributed by atoms with Crippen molar-refractivity contribution in [1.82, 2.24) is 9.30 Å². The van der Waals surface area contributed by atoms with Crippen molar-refractivity contribution in [3.63, 3.8) is 0 Å². The minimum absolute atomic E-state index is 0.834. The highest BCUT2D eigenvalue weighted by Gasteiger charge is 2.19. The van der Waals surface area contributed by atoms with E-state index in [2.05, 4.69) is 72.3 Å². The van der Waals surface area contributed by atoms with Crippen LogP contribution in [0.3, 0.4) is 0 Å². The Bertz CT molecular complexity index is 1820. The number of aryl methyl sites for hydroxylation is 1. The van der Waals surface area contributed by atoms with Crippen LogP contribution in [0.4, 0.5) is 0 Å². The standard InChI is InChI=1S/C27H18N2O/c1-28-23-12-10-18-14-16-6-2-3-7-17(16)15-21(18)25(23)20-11-13-24-26(27(20)28)19-8-4-5-9-22(19)29(24)30/h2-15,30H,1H3. The van der Waals surface area contributed by atoms with Crippen LogP contribution in [-0.4, -0.2) is 14.5 Å². The molecule has 0 radical (unpaired) electrons. The first kappa shape index (κ1) is 15.9. The van der Waals surface area contributed by atoms with Crippen LogP contribution in [0.1, 0.15) is 0 Å². The molecule has 7 rings (SSSR count). The van der Waals surface area contributed by atoms with E-state index in [4.69, 9.17) is 0 Å². The summed E-state index contributed by atoms with van der Waals surface area (Å²) in [5.74, 6) is 0. The van der Waals surface area contributed by atoms with Crippen LogP contribution in [0.15, 0.2) is 84.9 Å². The number of hydrogen-bond donors (Lipinski definition) is 1. The summed E-state index contributed by atoms with van der Waals surface area (Å²) in [6, 6.07) is 29.8. The Morgan fingerprint density at radius 3 is 2.17 bits per heavy atom. The van der Waals surface area contributed by atoms with Gasteiger partial charge in [0.1, 0.15) is 0 Å². The zero-order chi connectivity index (χ0) is 20.0. The maximum atomic E-state index is 10.8. The van der Waals surface area contributed by atoms with Crippen LogP contribution < -0.4 is 0 Å². The fourth-order valence-electron chi connectivity index (χ4n) is 5.26. The minimum Gasteiger partial charge on any atom is -0.428 e. The summed E-state index contributed by atoms with van der Waals surface area (Å²) in [4.78, 5) is 0. The normalized spacial score (nSPS) is 12.3. The van der Waals surface area contributed by atoms with E-state index in [1.54, 1.807) is 0 Å². The van der Waals surface area contributed by atoms with Gasteiger partial charge in [0.2, 0.25) is 0 Å². The van der Waals surface area contributed by atoms with Gasteiger partial charge in [-0.15, -0.1) is 0 Å². The van der Waals surface area contributed by atoms with E-state index in [9.17, 15) is 5.21 Å². The monoisotopic (exact) mass is 386 g/mol. The topological polar surface area (TPSA) is 30.1 Å². The van der Waals surface area contributed by atoms with Crippen molar-refractivity contribution in [2.45, 2.75) is 0 Å². The lowest BCUT2D eigenvalue weighted by atomic mass is 9.99. The number of nitrogens with zero attached hydrogens (tertiary/aromatic N) is 2. The first-order chi connectivity index (χ1) is 14.7. The molecule has 0 spiro atoms. The van der Waals surface area contributed by atoms with E-state index in [1.165, 1.54) is 42.6 Å². The van der Waals surface area contributed by atoms with Gasteiger partial charge < -0.3 is 9.77 Å². The summed E-state index contributed by atoms with van der Waals surface area (Å²) >= 11 is 0. The Hall–Kier alpha value is -3.98. The second-order valence-corrected chi connectivity index (χ2v) is 8.12. The summed E-state index contributed by atoms with van der Waals surface area (Å²) in [5.41, 5.74) is 4.03. The Kier molecular flexibility index (Phi) is 2.82. The fourth-order valence-corrected chi connectivity index (χ4v) is 5.26. The Morgan fingerprint density at radius 2 is 1.30 bits per heavy atom. The molecule has 5 aromatic carbocycles. The molecule has 0 amide bonds. The van der Waals surface area contributed by atoms with Gasteiger partial charge in [-0.2, -0.15) is 4.73 Å². The third-order valence-electron chi connectivity index (χ3n) is 6.62. The highest BCUT2D eigenvalue weighted by molar-refractivity contribution is 6.29. The predicted molar refractivity (Wildman–Crippen MR) is 126 cm³/mol. The first-order valence-electron chi connectivity index (χ1n) is 10.2. The lowest BCUT2D eigenvalue weighted by Gasteiger charge is -2.05. The van der Waals surface area contributed by atoms with E-state index >= 15 is 0 Å². The second kappa shape index (κ2) is 5.33. The van der Waals surface area contributed by atoms with Gasteiger partial charge in [-0.1, -0.05) is 48.5 Å². The quantitative estimate of drug-likeness (QED) is 0.221. The van der Waals surface area contributed by atoms with E-state index in [1.807, 2.05) is 24.3 Å². The molecule has 2 aromatic heterocycles. The van der Waals surface area contributed by atoms with Gasteiger partial charge in [-0.3, -0.25) is 0 Å². The number of hydrogen-bond acceptors (Lipinski definition) is 1. The molecule has 0 aliphatic carbocycles. The molecular weight excluding hydrogens is 368 g/mol. The molecule has 0 fully saturated rings. The summed E-state index contributed by atoms with van der Waals surface area (Å²) < 4.78 is 3.58. The molecule has 2 heterocycles. The van der Waals surface area contributed by atoms with Gasteiger partial charge >= 0.3 is 0 Å². The largest absolute Gasteiger partial charge is 0.428 e. The molecule has 3 heteroatoms. The maximum absolute atomic E-state index is 10.8. The average Bonchev–Trinajstić information content (AvgIpc) is 3.24. The predicted octanol–water partition coefficient (Wildman–Crippen LogP) is 6.98. The van der Waals surface area contributed by atoms with Crippen LogP contribution in [-0.2, 0) is 7.05 Å². The molecule has 30 heavy (non-hydrogen) atoms. The highest BCUT2D eigenvalue weighted by atomic mass is 16.5. The van der Waals surface area contributed by atoms with E-state index in [0.717, 1.165) is 27.3 Å². The second-order valence-electron chi connectivity index (χ2n) is 8.12. The lowest BCUT2D eigenvalue weighted by Crippen LogP contribution is -1.89. The van der Waals surface area contributed by atoms with Crippen molar-refractivity contribution in [2.24, 2.45) is 7.05 Å². The molecule has 0 unspecified atom stereocenters. The Morgan fingerprint density at radius 1 is 0.567 bits per heavy atom. The van der Waals surface area contributed by atoms with Crippen LogP contribution in [0, 0.1) is 0 Å². The molecule has 0 aliphatic heterocycles. The molecule has 0 aliphatic rings. The van der Waals surface area contributed by atoms with Crippen molar-refractivity contribution in [1.29, 1.82) is 0 Å². The smallest absolute Gasteiger partial charge is 0.0900 e. The van der Waals surface area contributed by atoms with Crippen molar-refractivity contribution < 1.29 is 5.21 Å². The summed E-state index contributed by atoms with van der Waals surface area (Å²) in [5, 5.41) is 20.5. The molecule has 1 N–H and O–H groups in total. The number of para-hydroxylation sites is 1. The average molecular weight is 386 g/mol. The molecule has 0 atom stereocenters. The number of benzene rings is 5. The molecule has 142 valence electrons. The number of aromatic nitrogens is 2. The molecule has 0 bridgehead atoms. The van der Waals surface area contributed by atoms with Crippen LogP contribution in [0.5, 0.6) is 0 Å². The lowest BCUT2D eigenvalue weighted by molar-refractivity contribution is 0.213. The first-order valence-corrected chi connectivity index (χ1v) is 10.2. The molecular formula is C27H18N2O. The van der Waals surface area contributed by atoms with Gasteiger partial charge in [0.25, 0.3) is 0 Å². The number of fused-ring (bicyclic) bond motifs is 10. The van der Waals surface area contributed by atoms with Gasteiger partial charge in [-0.05, 0) is 57.9 Å². The van der Waals surface area contributed by atoms with Crippen molar-refractivity contribution in [3.8, 4) is 0 Å². The zero-order valence-electron chi connectivity index (χ0n) is 16.4. The summed E-state index contributed by atoms with van der Waals surface area (Å²) in [6.45, 7) is 0. The minimum atomic E-state index is 0.834. The van der Waals surface area contributed by atoms with Crippen molar-refractivity contribution >= 4 is 65.2 Å². The van der Waals surface area contributed by atoms with Crippen LogP contribution >= 0.6 is 0 Å². The fraction of sp³-hybridized carbons (Fsp3) is 0.0370. The van der Waals surface area contributed by atoms with E-state index in [-0.39, 0.29) is 0 Å². The third-order valence-corrected chi connectivity index (χ3v) is 6.62. The maximum Gasteiger partial charge on any atom is 0.0900 e. The molecule has 3 nitrogen and oxygen atoms in total. The summed E-state index contributed by atoms with van der Waals surface area (Å²) in [6.07, 6.45) is 0. The Balaban J connectivity index is 1.78. The van der Waals surface area contributed by atoms with Crippen LogP contribution in [0.25, 0.3) is 65.2 Å². The molecule has 0 saturated heterocycles. The SMILES string of the molecule is Cn1c2ccc3cc4ccccc4cc3c2c2ccc3c(c4ccccc4n3O)c21. The molecule has 0 saturated carbocycles. The van der Waals surface area contributed by atoms with Crippen LogP contribution in [0.2, 0.25) is 0 Å². The van der Waals surface area contributed by atoms with Gasteiger partial charge in [0.05, 0.1) is 16.6 Å². The van der Waals surface area contributed by atoms with E-state index < -0.39 is 0 Å². The third kappa shape index (κ3) is 1.80. The highest BCUT2D eigenvalue weighted by Crippen LogP contribution is 2.41. The van der Waals surface area contributed by atoms with Crippen molar-refractivity contribution in [3.05, 3.63) is 84.9 Å².